The molecule has 0 aliphatic heterocycles. The Hall–Kier alpha value is -0.830. The molecule has 0 aliphatic rings. The van der Waals surface area contributed by atoms with Gasteiger partial charge in [0, 0.05) is 5.33 Å². The number of alkyl halides is 1. The average molecular weight is 271 g/mol. The van der Waals surface area contributed by atoms with Gasteiger partial charge in [-0.1, -0.05) is 46.3 Å². The van der Waals surface area contributed by atoms with Crippen LogP contribution in [-0.4, -0.2) is 17.9 Å². The molecular weight excluding hydrogens is 256 g/mol. The summed E-state index contributed by atoms with van der Waals surface area (Å²) in [6, 6.07) is 9.68. The quantitative estimate of drug-likeness (QED) is 0.467. The smallest absolute Gasteiger partial charge is 0.313 e. The van der Waals surface area contributed by atoms with Crippen LogP contribution in [0.2, 0.25) is 0 Å². The Balaban J connectivity index is 2.46. The summed E-state index contributed by atoms with van der Waals surface area (Å²) in [5, 5.41) is 0.861. The van der Waals surface area contributed by atoms with E-state index < -0.39 is 0 Å². The topological polar surface area (TPSA) is 26.3 Å². The van der Waals surface area contributed by atoms with Gasteiger partial charge in [-0.3, -0.25) is 4.79 Å². The Kier molecular flexibility index (Phi) is 5.40. The maximum absolute atomic E-state index is 11.6. The number of carbonyl (C=O) groups is 1. The number of hydrogen-bond acceptors (Lipinski definition) is 2. The van der Waals surface area contributed by atoms with E-state index in [2.05, 4.69) is 15.9 Å². The molecule has 0 radical (unpaired) electrons. The fourth-order valence-electron chi connectivity index (χ4n) is 1.23. The molecule has 1 rings (SSSR count). The molecule has 1 unspecified atom stereocenters. The third kappa shape index (κ3) is 4.04. The monoisotopic (exact) mass is 270 g/mol. The van der Waals surface area contributed by atoms with Gasteiger partial charge in [0.15, 0.2) is 0 Å². The number of hydrogen-bond donors (Lipinski definition) is 0. The van der Waals surface area contributed by atoms with Crippen molar-refractivity contribution in [2.45, 2.75) is 19.3 Å². The van der Waals surface area contributed by atoms with Crippen LogP contribution in [0.3, 0.4) is 0 Å². The minimum Gasteiger partial charge on any atom is -0.465 e. The lowest BCUT2D eigenvalue weighted by molar-refractivity contribution is -0.145. The lowest BCUT2D eigenvalue weighted by atomic mass is 10.0. The number of benzene rings is 1. The summed E-state index contributed by atoms with van der Waals surface area (Å²) in [6.07, 6.45) is 0.854. The van der Waals surface area contributed by atoms with Crippen molar-refractivity contribution in [2.24, 2.45) is 0 Å². The van der Waals surface area contributed by atoms with Crippen LogP contribution in [0.5, 0.6) is 0 Å². The molecule has 15 heavy (non-hydrogen) atoms. The largest absolute Gasteiger partial charge is 0.465 e. The molecule has 0 aliphatic carbocycles. The first-order chi connectivity index (χ1) is 7.25. The van der Waals surface area contributed by atoms with E-state index in [1.165, 1.54) is 0 Å². The minimum absolute atomic E-state index is 0.151. The van der Waals surface area contributed by atoms with E-state index in [1.54, 1.807) is 0 Å². The molecule has 1 aromatic carbocycles. The summed E-state index contributed by atoms with van der Waals surface area (Å²) < 4.78 is 5.13. The van der Waals surface area contributed by atoms with Crippen LogP contribution in [-0.2, 0) is 9.53 Å². The number of ether oxygens (including phenoxy) is 1. The SMILES string of the molecule is CC(C(=O)OCCCBr)c1ccccc1. The van der Waals surface area contributed by atoms with Crippen LogP contribution < -0.4 is 0 Å². The number of halogens is 1. The average Bonchev–Trinajstić information content (AvgIpc) is 2.29. The first-order valence-electron chi connectivity index (χ1n) is 5.03. The van der Waals surface area contributed by atoms with Crippen LogP contribution in [0.1, 0.15) is 24.8 Å². The Morgan fingerprint density at radius 2 is 2.07 bits per heavy atom. The van der Waals surface area contributed by atoms with Crippen molar-refractivity contribution in [3.63, 3.8) is 0 Å². The molecule has 0 fully saturated rings. The second-order valence-corrected chi connectivity index (χ2v) is 4.14. The zero-order valence-electron chi connectivity index (χ0n) is 8.78. The maximum atomic E-state index is 11.6. The van der Waals surface area contributed by atoms with E-state index in [-0.39, 0.29) is 11.9 Å². The van der Waals surface area contributed by atoms with Crippen molar-refractivity contribution >= 4 is 21.9 Å². The molecule has 0 N–H and O–H groups in total. The van der Waals surface area contributed by atoms with Gasteiger partial charge in [0.1, 0.15) is 0 Å². The summed E-state index contributed by atoms with van der Waals surface area (Å²) >= 11 is 3.29. The molecule has 1 atom stereocenters. The van der Waals surface area contributed by atoms with E-state index >= 15 is 0 Å². The van der Waals surface area contributed by atoms with Crippen LogP contribution >= 0.6 is 15.9 Å². The van der Waals surface area contributed by atoms with Crippen LogP contribution in [0.4, 0.5) is 0 Å². The van der Waals surface area contributed by atoms with Crippen LogP contribution in [0, 0.1) is 0 Å². The Morgan fingerprint density at radius 3 is 2.67 bits per heavy atom. The van der Waals surface area contributed by atoms with E-state index in [0.717, 1.165) is 17.3 Å². The molecule has 1 aromatic rings. The first-order valence-corrected chi connectivity index (χ1v) is 6.15. The fraction of sp³-hybridized carbons (Fsp3) is 0.417. The summed E-state index contributed by atoms with van der Waals surface area (Å²) in [4.78, 5) is 11.6. The van der Waals surface area contributed by atoms with Crippen molar-refractivity contribution < 1.29 is 9.53 Å². The van der Waals surface area contributed by atoms with Gasteiger partial charge in [0.05, 0.1) is 12.5 Å². The Morgan fingerprint density at radius 1 is 1.40 bits per heavy atom. The molecule has 0 amide bonds. The zero-order valence-corrected chi connectivity index (χ0v) is 10.4. The summed E-state index contributed by atoms with van der Waals surface area (Å²) in [5.41, 5.74) is 1.00. The minimum atomic E-state index is -0.179. The summed E-state index contributed by atoms with van der Waals surface area (Å²) in [5.74, 6) is -0.330. The van der Waals surface area contributed by atoms with Gasteiger partial charge in [-0.25, -0.2) is 0 Å². The van der Waals surface area contributed by atoms with Crippen molar-refractivity contribution in [3.8, 4) is 0 Å². The fourth-order valence-corrected chi connectivity index (χ4v) is 1.46. The maximum Gasteiger partial charge on any atom is 0.313 e. The van der Waals surface area contributed by atoms with Crippen molar-refractivity contribution in [1.29, 1.82) is 0 Å². The molecule has 0 saturated heterocycles. The lowest BCUT2D eigenvalue weighted by Gasteiger charge is -2.11. The second kappa shape index (κ2) is 6.62. The number of carbonyl (C=O) groups excluding carboxylic acids is 1. The highest BCUT2D eigenvalue weighted by molar-refractivity contribution is 9.09. The highest BCUT2D eigenvalue weighted by Gasteiger charge is 2.15. The van der Waals surface area contributed by atoms with E-state index in [0.29, 0.717) is 6.61 Å². The highest BCUT2D eigenvalue weighted by atomic mass is 79.9. The molecule has 0 heterocycles. The van der Waals surface area contributed by atoms with Crippen molar-refractivity contribution in [2.75, 3.05) is 11.9 Å². The van der Waals surface area contributed by atoms with Gasteiger partial charge in [-0.05, 0) is 18.9 Å². The van der Waals surface area contributed by atoms with E-state index in [4.69, 9.17) is 4.74 Å². The second-order valence-electron chi connectivity index (χ2n) is 3.34. The number of rotatable bonds is 5. The highest BCUT2D eigenvalue weighted by Crippen LogP contribution is 2.16. The lowest BCUT2D eigenvalue weighted by Crippen LogP contribution is -2.14. The van der Waals surface area contributed by atoms with Crippen molar-refractivity contribution in [3.05, 3.63) is 35.9 Å². The van der Waals surface area contributed by atoms with Gasteiger partial charge in [-0.2, -0.15) is 0 Å². The Labute approximate surface area is 98.8 Å². The van der Waals surface area contributed by atoms with E-state index in [1.807, 2.05) is 37.3 Å². The van der Waals surface area contributed by atoms with Crippen LogP contribution in [0.15, 0.2) is 30.3 Å². The van der Waals surface area contributed by atoms with Gasteiger partial charge in [0.2, 0.25) is 0 Å². The summed E-state index contributed by atoms with van der Waals surface area (Å²) in [7, 11) is 0. The molecule has 0 bridgehead atoms. The molecular formula is C12H15BrO2. The first kappa shape index (κ1) is 12.2. The Bertz CT molecular complexity index is 298. The van der Waals surface area contributed by atoms with Crippen LogP contribution in [0.25, 0.3) is 0 Å². The number of esters is 1. The third-order valence-corrected chi connectivity index (χ3v) is 2.74. The standard InChI is InChI=1S/C12H15BrO2/c1-10(11-6-3-2-4-7-11)12(14)15-9-5-8-13/h2-4,6-7,10H,5,8-9H2,1H3. The van der Waals surface area contributed by atoms with Gasteiger partial charge < -0.3 is 4.74 Å². The zero-order chi connectivity index (χ0) is 11.1. The third-order valence-electron chi connectivity index (χ3n) is 2.18. The van der Waals surface area contributed by atoms with Gasteiger partial charge in [-0.15, -0.1) is 0 Å². The molecule has 3 heteroatoms. The normalized spacial score (nSPS) is 12.1. The van der Waals surface area contributed by atoms with E-state index in [9.17, 15) is 4.79 Å². The molecule has 82 valence electrons. The predicted octanol–water partition coefficient (Wildman–Crippen LogP) is 3.12. The molecule has 2 nitrogen and oxygen atoms in total. The van der Waals surface area contributed by atoms with Gasteiger partial charge >= 0.3 is 5.97 Å². The van der Waals surface area contributed by atoms with Crippen molar-refractivity contribution in [1.82, 2.24) is 0 Å². The molecule has 0 spiro atoms. The molecule has 0 saturated carbocycles. The van der Waals surface area contributed by atoms with Gasteiger partial charge in [0.25, 0.3) is 0 Å². The predicted molar refractivity (Wildman–Crippen MR) is 64.2 cm³/mol. The summed E-state index contributed by atoms with van der Waals surface area (Å²) in [6.45, 7) is 2.35. The molecule has 0 aromatic heterocycles.